The number of carbonyl (C=O) groups is 1. The van der Waals surface area contributed by atoms with Gasteiger partial charge in [0.15, 0.2) is 11.6 Å². The Balaban J connectivity index is 1.94. The SMILES string of the molecule is CC(=O)c1cc(C#N)c(S[C@H](C)c2nnnn2-c2ccccc2)nc1C. The molecule has 8 heteroatoms. The molecule has 2 heterocycles. The van der Waals surface area contributed by atoms with E-state index in [2.05, 4.69) is 26.6 Å². The topological polar surface area (TPSA) is 97.4 Å². The number of hydrogen-bond donors (Lipinski definition) is 0. The number of carbonyl (C=O) groups excluding carboxylic acids is 1. The Kier molecular flexibility index (Phi) is 5.09. The lowest BCUT2D eigenvalue weighted by molar-refractivity contribution is 0.101. The fraction of sp³-hybridized carbons (Fsp3) is 0.222. The molecule has 0 saturated heterocycles. The summed E-state index contributed by atoms with van der Waals surface area (Å²) in [4.78, 5) is 16.1. The number of hydrogen-bond acceptors (Lipinski definition) is 7. The van der Waals surface area contributed by atoms with Crippen LogP contribution in [-0.4, -0.2) is 31.0 Å². The third-order valence-corrected chi connectivity index (χ3v) is 4.92. The van der Waals surface area contributed by atoms with Gasteiger partial charge in [-0.1, -0.05) is 30.0 Å². The van der Waals surface area contributed by atoms with Crippen molar-refractivity contribution >= 4 is 17.5 Å². The van der Waals surface area contributed by atoms with E-state index >= 15 is 0 Å². The van der Waals surface area contributed by atoms with E-state index in [1.54, 1.807) is 17.7 Å². The molecule has 0 aliphatic carbocycles. The van der Waals surface area contributed by atoms with Gasteiger partial charge in [-0.15, -0.1) is 5.10 Å². The molecule has 0 saturated carbocycles. The van der Waals surface area contributed by atoms with E-state index in [1.165, 1.54) is 18.7 Å². The summed E-state index contributed by atoms with van der Waals surface area (Å²) in [5, 5.41) is 21.8. The largest absolute Gasteiger partial charge is 0.294 e. The fourth-order valence-corrected chi connectivity index (χ4v) is 3.54. The Morgan fingerprint density at radius 3 is 2.69 bits per heavy atom. The van der Waals surface area contributed by atoms with Crippen molar-refractivity contribution in [3.63, 3.8) is 0 Å². The lowest BCUT2D eigenvalue weighted by atomic mass is 10.1. The molecule has 0 amide bonds. The quantitative estimate of drug-likeness (QED) is 0.506. The number of aromatic nitrogens is 5. The van der Waals surface area contributed by atoms with Gasteiger partial charge in [-0.2, -0.15) is 9.94 Å². The number of tetrazole rings is 1. The standard InChI is InChI=1S/C18H16N6OS/c1-11-16(12(2)25)9-14(10-19)18(20-11)26-13(3)17-21-22-23-24(17)15-7-5-4-6-8-15/h4-9,13H,1-3H3/t13-/m1/s1. The zero-order chi connectivity index (χ0) is 18.7. The summed E-state index contributed by atoms with van der Waals surface area (Å²) in [6, 6.07) is 13.3. The van der Waals surface area contributed by atoms with Crippen molar-refractivity contribution in [3.05, 3.63) is 59.0 Å². The number of benzene rings is 1. The van der Waals surface area contributed by atoms with Gasteiger partial charge in [0.25, 0.3) is 0 Å². The van der Waals surface area contributed by atoms with Crippen molar-refractivity contribution in [1.82, 2.24) is 25.2 Å². The van der Waals surface area contributed by atoms with Crippen LogP contribution in [0.1, 0.15) is 46.5 Å². The van der Waals surface area contributed by atoms with Crippen molar-refractivity contribution in [2.75, 3.05) is 0 Å². The smallest absolute Gasteiger partial charge is 0.169 e. The number of pyridine rings is 1. The summed E-state index contributed by atoms with van der Waals surface area (Å²) in [5.74, 6) is 0.546. The molecule has 0 fully saturated rings. The second kappa shape index (κ2) is 7.45. The molecular formula is C18H16N6OS. The molecule has 0 bridgehead atoms. The van der Waals surface area contributed by atoms with Crippen LogP contribution in [0.15, 0.2) is 41.4 Å². The highest BCUT2D eigenvalue weighted by molar-refractivity contribution is 7.99. The fourth-order valence-electron chi connectivity index (χ4n) is 2.53. The third kappa shape index (κ3) is 3.48. The minimum atomic E-state index is -0.146. The molecular weight excluding hydrogens is 348 g/mol. The van der Waals surface area contributed by atoms with Crippen LogP contribution in [0.2, 0.25) is 0 Å². The van der Waals surface area contributed by atoms with Gasteiger partial charge in [-0.3, -0.25) is 4.79 Å². The normalized spacial score (nSPS) is 11.8. The number of thioether (sulfide) groups is 1. The maximum atomic E-state index is 11.7. The van der Waals surface area contributed by atoms with Crippen LogP contribution < -0.4 is 0 Å². The molecule has 0 spiro atoms. The van der Waals surface area contributed by atoms with E-state index in [9.17, 15) is 10.1 Å². The number of nitrogens with zero attached hydrogens (tertiary/aromatic N) is 6. The van der Waals surface area contributed by atoms with Crippen molar-refractivity contribution in [1.29, 1.82) is 5.26 Å². The highest BCUT2D eigenvalue weighted by Gasteiger charge is 2.20. The lowest BCUT2D eigenvalue weighted by Gasteiger charge is -2.13. The van der Waals surface area contributed by atoms with Crippen molar-refractivity contribution in [2.45, 2.75) is 31.0 Å². The van der Waals surface area contributed by atoms with Gasteiger partial charge in [0.05, 0.1) is 16.5 Å². The minimum absolute atomic E-state index is 0.107. The summed E-state index contributed by atoms with van der Waals surface area (Å²) in [5.41, 5.74) is 2.30. The van der Waals surface area contributed by atoms with Gasteiger partial charge in [0, 0.05) is 11.3 Å². The summed E-state index contributed by atoms with van der Waals surface area (Å²) >= 11 is 1.39. The first kappa shape index (κ1) is 17.8. The van der Waals surface area contributed by atoms with Crippen molar-refractivity contribution in [3.8, 4) is 11.8 Å². The zero-order valence-electron chi connectivity index (χ0n) is 14.5. The third-order valence-electron chi connectivity index (χ3n) is 3.82. The van der Waals surface area contributed by atoms with E-state index in [4.69, 9.17) is 0 Å². The molecule has 0 aliphatic rings. The number of rotatable bonds is 5. The molecule has 1 atom stereocenters. The predicted molar refractivity (Wildman–Crippen MR) is 97.1 cm³/mol. The van der Waals surface area contributed by atoms with Gasteiger partial charge in [0.2, 0.25) is 0 Å². The van der Waals surface area contributed by atoms with Gasteiger partial charge in [-0.05, 0) is 49.4 Å². The lowest BCUT2D eigenvalue weighted by Crippen LogP contribution is -2.06. The average molecular weight is 364 g/mol. The molecule has 2 aromatic heterocycles. The van der Waals surface area contributed by atoms with Gasteiger partial charge < -0.3 is 0 Å². The molecule has 7 nitrogen and oxygen atoms in total. The summed E-state index contributed by atoms with van der Waals surface area (Å²) in [6.45, 7) is 5.18. The van der Waals surface area contributed by atoms with Crippen LogP contribution in [0.5, 0.6) is 0 Å². The highest BCUT2D eigenvalue weighted by Crippen LogP contribution is 2.35. The summed E-state index contributed by atoms with van der Waals surface area (Å²) in [7, 11) is 0. The van der Waals surface area contributed by atoms with E-state index in [-0.39, 0.29) is 11.0 Å². The van der Waals surface area contributed by atoms with Crippen molar-refractivity contribution in [2.24, 2.45) is 0 Å². The first-order chi connectivity index (χ1) is 12.5. The first-order valence-electron chi connectivity index (χ1n) is 7.94. The number of nitriles is 1. The minimum Gasteiger partial charge on any atom is -0.294 e. The molecule has 0 aliphatic heterocycles. The molecule has 3 aromatic rings. The van der Waals surface area contributed by atoms with Crippen LogP contribution in [-0.2, 0) is 0 Å². The Hall–Kier alpha value is -3.05. The number of Topliss-reactive ketones (excluding diaryl/α,β-unsaturated/α-hetero) is 1. The van der Waals surface area contributed by atoms with E-state index < -0.39 is 0 Å². The maximum Gasteiger partial charge on any atom is 0.169 e. The highest BCUT2D eigenvalue weighted by atomic mass is 32.2. The Labute approximate surface area is 155 Å². The molecule has 1 aromatic carbocycles. The van der Waals surface area contributed by atoms with Crippen LogP contribution >= 0.6 is 11.8 Å². The Morgan fingerprint density at radius 2 is 2.04 bits per heavy atom. The zero-order valence-corrected chi connectivity index (χ0v) is 15.4. The average Bonchev–Trinajstić information content (AvgIpc) is 3.12. The molecule has 0 unspecified atom stereocenters. The molecule has 3 rings (SSSR count). The molecule has 0 N–H and O–H groups in total. The molecule has 0 radical (unpaired) electrons. The van der Waals surface area contributed by atoms with Crippen LogP contribution in [0.4, 0.5) is 0 Å². The van der Waals surface area contributed by atoms with E-state index in [0.29, 0.717) is 27.7 Å². The van der Waals surface area contributed by atoms with Crippen LogP contribution in [0.25, 0.3) is 5.69 Å². The summed E-state index contributed by atoms with van der Waals surface area (Å²) < 4.78 is 1.67. The number of ketones is 1. The number of aryl methyl sites for hydroxylation is 1. The monoisotopic (exact) mass is 364 g/mol. The van der Waals surface area contributed by atoms with Gasteiger partial charge in [0.1, 0.15) is 11.1 Å². The van der Waals surface area contributed by atoms with E-state index in [0.717, 1.165) is 5.69 Å². The molecule has 26 heavy (non-hydrogen) atoms. The predicted octanol–water partition coefficient (Wildman–Crippen LogP) is 3.29. The Bertz CT molecular complexity index is 993. The Morgan fingerprint density at radius 1 is 1.31 bits per heavy atom. The van der Waals surface area contributed by atoms with Crippen LogP contribution in [0, 0.1) is 18.3 Å². The summed E-state index contributed by atoms with van der Waals surface area (Å²) in [6.07, 6.45) is 0. The molecule has 130 valence electrons. The second-order valence-corrected chi connectivity index (χ2v) is 7.02. The second-order valence-electron chi connectivity index (χ2n) is 5.69. The van der Waals surface area contributed by atoms with Gasteiger partial charge >= 0.3 is 0 Å². The van der Waals surface area contributed by atoms with E-state index in [1.807, 2.05) is 37.3 Å². The van der Waals surface area contributed by atoms with Crippen LogP contribution in [0.3, 0.4) is 0 Å². The first-order valence-corrected chi connectivity index (χ1v) is 8.82. The number of para-hydroxylation sites is 1. The van der Waals surface area contributed by atoms with Crippen molar-refractivity contribution < 1.29 is 4.79 Å². The van der Waals surface area contributed by atoms with Gasteiger partial charge in [-0.25, -0.2) is 4.98 Å². The maximum absolute atomic E-state index is 11.7.